The molecule has 1 aromatic rings. The van der Waals surface area contributed by atoms with Gasteiger partial charge in [-0.05, 0) is 19.3 Å². The maximum atomic E-state index is 8.97. The molecule has 0 bridgehead atoms. The lowest BCUT2D eigenvalue weighted by molar-refractivity contribution is 0.203. The van der Waals surface area contributed by atoms with Gasteiger partial charge in [0.25, 0.3) is 0 Å². The molecule has 0 aromatic carbocycles. The summed E-state index contributed by atoms with van der Waals surface area (Å²) >= 11 is 0. The molecule has 0 radical (unpaired) electrons. The van der Waals surface area contributed by atoms with Crippen LogP contribution < -0.4 is 5.32 Å². The van der Waals surface area contributed by atoms with Crippen LogP contribution in [0.25, 0.3) is 0 Å². The lowest BCUT2D eigenvalue weighted by Gasteiger charge is -2.15. The highest BCUT2D eigenvalue weighted by atomic mass is 16.3. The Morgan fingerprint density at radius 3 is 2.80 bits per heavy atom. The molecular formula is C10H15N3O2. The van der Waals surface area contributed by atoms with Gasteiger partial charge in [0, 0.05) is 11.3 Å². The predicted octanol–water partition coefficient (Wildman–Crippen LogP) is -0.270. The van der Waals surface area contributed by atoms with Crippen LogP contribution in [0.5, 0.6) is 0 Å². The Morgan fingerprint density at radius 2 is 2.07 bits per heavy atom. The van der Waals surface area contributed by atoms with Crippen molar-refractivity contribution < 1.29 is 10.2 Å². The smallest absolute Gasteiger partial charge is 0.133 e. The molecule has 0 aliphatic heterocycles. The molecule has 0 amide bonds. The largest absolute Gasteiger partial charge is 0.394 e. The average Bonchev–Trinajstić information content (AvgIpc) is 2.74. The van der Waals surface area contributed by atoms with Crippen molar-refractivity contribution in [2.75, 3.05) is 18.5 Å². The summed E-state index contributed by atoms with van der Waals surface area (Å²) in [5.41, 5.74) is 2.21. The fourth-order valence-electron chi connectivity index (χ4n) is 1.83. The molecule has 1 aliphatic carbocycles. The summed E-state index contributed by atoms with van der Waals surface area (Å²) in [6.07, 6.45) is 4.60. The molecule has 5 heteroatoms. The van der Waals surface area contributed by atoms with Crippen molar-refractivity contribution >= 4 is 5.82 Å². The molecule has 5 nitrogen and oxygen atoms in total. The average molecular weight is 209 g/mol. The Balaban J connectivity index is 2.18. The van der Waals surface area contributed by atoms with E-state index in [-0.39, 0.29) is 19.3 Å². The van der Waals surface area contributed by atoms with E-state index in [0.29, 0.717) is 0 Å². The van der Waals surface area contributed by atoms with Gasteiger partial charge in [0.2, 0.25) is 0 Å². The van der Waals surface area contributed by atoms with E-state index in [4.69, 9.17) is 10.2 Å². The minimum atomic E-state index is -0.343. The molecule has 2 rings (SSSR count). The third-order valence-corrected chi connectivity index (χ3v) is 2.66. The second-order valence-corrected chi connectivity index (χ2v) is 3.71. The highest BCUT2D eigenvalue weighted by Crippen LogP contribution is 2.25. The van der Waals surface area contributed by atoms with Crippen LogP contribution in [-0.2, 0) is 12.8 Å². The first-order valence-corrected chi connectivity index (χ1v) is 5.16. The number of aryl methyl sites for hydroxylation is 1. The van der Waals surface area contributed by atoms with Crippen molar-refractivity contribution in [1.29, 1.82) is 0 Å². The molecule has 0 spiro atoms. The monoisotopic (exact) mass is 209 g/mol. The molecule has 82 valence electrons. The van der Waals surface area contributed by atoms with E-state index in [0.717, 1.165) is 36.3 Å². The first-order chi connectivity index (χ1) is 7.35. The summed E-state index contributed by atoms with van der Waals surface area (Å²) in [7, 11) is 0. The number of nitrogens with zero attached hydrogens (tertiary/aromatic N) is 2. The van der Waals surface area contributed by atoms with Crippen LogP contribution in [0.15, 0.2) is 6.33 Å². The number of nitrogens with one attached hydrogen (secondary N) is 1. The zero-order chi connectivity index (χ0) is 10.7. The van der Waals surface area contributed by atoms with Crippen LogP contribution in [0, 0.1) is 0 Å². The van der Waals surface area contributed by atoms with Crippen molar-refractivity contribution in [1.82, 2.24) is 9.97 Å². The first-order valence-electron chi connectivity index (χ1n) is 5.16. The standard InChI is InChI=1S/C10H15N3O2/c14-4-7(5-15)13-10-8-2-1-3-9(8)11-6-12-10/h6-7,14-15H,1-5H2,(H,11,12,13). The summed E-state index contributed by atoms with van der Waals surface area (Å²) in [6.45, 7) is -0.204. The van der Waals surface area contributed by atoms with Crippen LogP contribution in [0.3, 0.4) is 0 Å². The Bertz CT molecular complexity index is 339. The van der Waals surface area contributed by atoms with Gasteiger partial charge in [-0.25, -0.2) is 9.97 Å². The van der Waals surface area contributed by atoms with Crippen LogP contribution in [-0.4, -0.2) is 39.4 Å². The number of rotatable bonds is 4. The molecule has 0 saturated heterocycles. The zero-order valence-electron chi connectivity index (χ0n) is 8.48. The SMILES string of the molecule is OCC(CO)Nc1ncnc2c1CCC2. The second kappa shape index (κ2) is 4.55. The summed E-state index contributed by atoms with van der Waals surface area (Å²) < 4.78 is 0. The molecule has 3 N–H and O–H groups in total. The Labute approximate surface area is 88.2 Å². The Kier molecular flexibility index (Phi) is 3.13. The van der Waals surface area contributed by atoms with Crippen molar-refractivity contribution in [3.63, 3.8) is 0 Å². The number of aliphatic hydroxyl groups excluding tert-OH is 2. The molecule has 1 aliphatic rings. The minimum absolute atomic E-state index is 0.102. The quantitative estimate of drug-likeness (QED) is 0.636. The third kappa shape index (κ3) is 2.08. The van der Waals surface area contributed by atoms with Gasteiger partial charge in [-0.15, -0.1) is 0 Å². The fourth-order valence-corrected chi connectivity index (χ4v) is 1.83. The second-order valence-electron chi connectivity index (χ2n) is 3.71. The Morgan fingerprint density at radius 1 is 1.27 bits per heavy atom. The van der Waals surface area contributed by atoms with E-state index < -0.39 is 0 Å². The maximum Gasteiger partial charge on any atom is 0.133 e. The lowest BCUT2D eigenvalue weighted by atomic mass is 10.2. The van der Waals surface area contributed by atoms with Gasteiger partial charge in [0.1, 0.15) is 12.1 Å². The van der Waals surface area contributed by atoms with Gasteiger partial charge in [0.15, 0.2) is 0 Å². The fraction of sp³-hybridized carbons (Fsp3) is 0.600. The van der Waals surface area contributed by atoms with Gasteiger partial charge in [-0.2, -0.15) is 0 Å². The van der Waals surface area contributed by atoms with Gasteiger partial charge in [-0.1, -0.05) is 0 Å². The first kappa shape index (κ1) is 10.3. The molecule has 0 unspecified atom stereocenters. The molecule has 0 saturated carbocycles. The van der Waals surface area contributed by atoms with Gasteiger partial charge in [0.05, 0.1) is 19.3 Å². The van der Waals surface area contributed by atoms with Gasteiger partial charge >= 0.3 is 0 Å². The highest BCUT2D eigenvalue weighted by Gasteiger charge is 2.18. The molecule has 0 atom stereocenters. The van der Waals surface area contributed by atoms with Crippen LogP contribution >= 0.6 is 0 Å². The summed E-state index contributed by atoms with van der Waals surface area (Å²) in [5.74, 6) is 0.755. The summed E-state index contributed by atoms with van der Waals surface area (Å²) in [5, 5.41) is 21.0. The summed E-state index contributed by atoms with van der Waals surface area (Å²) in [4.78, 5) is 8.34. The van der Waals surface area contributed by atoms with Crippen LogP contribution in [0.4, 0.5) is 5.82 Å². The topological polar surface area (TPSA) is 78.3 Å². The van der Waals surface area contributed by atoms with E-state index in [1.807, 2.05) is 0 Å². The maximum absolute atomic E-state index is 8.97. The third-order valence-electron chi connectivity index (χ3n) is 2.66. The number of aliphatic hydroxyl groups is 2. The van der Waals surface area contributed by atoms with Gasteiger partial charge < -0.3 is 15.5 Å². The predicted molar refractivity (Wildman–Crippen MR) is 55.6 cm³/mol. The number of hydrogen-bond acceptors (Lipinski definition) is 5. The van der Waals surface area contributed by atoms with Crippen molar-refractivity contribution in [3.05, 3.63) is 17.6 Å². The van der Waals surface area contributed by atoms with E-state index in [2.05, 4.69) is 15.3 Å². The van der Waals surface area contributed by atoms with Crippen molar-refractivity contribution in [3.8, 4) is 0 Å². The van der Waals surface area contributed by atoms with Crippen molar-refractivity contribution in [2.45, 2.75) is 25.3 Å². The molecule has 1 heterocycles. The molecule has 1 aromatic heterocycles. The molecular weight excluding hydrogens is 194 g/mol. The number of anilines is 1. The Hall–Kier alpha value is -1.20. The lowest BCUT2D eigenvalue weighted by Crippen LogP contribution is -2.28. The number of hydrogen-bond donors (Lipinski definition) is 3. The molecule has 0 fully saturated rings. The highest BCUT2D eigenvalue weighted by molar-refractivity contribution is 5.48. The number of aromatic nitrogens is 2. The van der Waals surface area contributed by atoms with E-state index >= 15 is 0 Å². The zero-order valence-corrected chi connectivity index (χ0v) is 8.48. The number of fused-ring (bicyclic) bond motifs is 1. The van der Waals surface area contributed by atoms with Crippen LogP contribution in [0.2, 0.25) is 0 Å². The van der Waals surface area contributed by atoms with E-state index in [1.54, 1.807) is 0 Å². The van der Waals surface area contributed by atoms with Gasteiger partial charge in [-0.3, -0.25) is 0 Å². The van der Waals surface area contributed by atoms with Crippen LogP contribution in [0.1, 0.15) is 17.7 Å². The normalized spacial score (nSPS) is 14.3. The minimum Gasteiger partial charge on any atom is -0.394 e. The van der Waals surface area contributed by atoms with E-state index in [1.165, 1.54) is 6.33 Å². The van der Waals surface area contributed by atoms with E-state index in [9.17, 15) is 0 Å². The summed E-state index contributed by atoms with van der Waals surface area (Å²) in [6, 6.07) is -0.343. The molecule has 15 heavy (non-hydrogen) atoms. The van der Waals surface area contributed by atoms with Crippen molar-refractivity contribution in [2.24, 2.45) is 0 Å².